The number of hydrogen-bond acceptors (Lipinski definition) is 3. The van der Waals surface area contributed by atoms with Crippen molar-refractivity contribution in [3.8, 4) is 11.1 Å². The van der Waals surface area contributed by atoms with Crippen molar-refractivity contribution in [2.75, 3.05) is 7.11 Å². The van der Waals surface area contributed by atoms with Crippen LogP contribution in [0, 0.1) is 6.92 Å². The van der Waals surface area contributed by atoms with Crippen LogP contribution in [-0.2, 0) is 14.3 Å². The van der Waals surface area contributed by atoms with Gasteiger partial charge < -0.3 is 0 Å². The molecule has 0 aliphatic rings. The highest BCUT2D eigenvalue weighted by Gasteiger charge is 2.12. The Morgan fingerprint density at radius 3 is 1.72 bits per heavy atom. The molecular formula is C14H14O3S. The fourth-order valence-electron chi connectivity index (χ4n) is 1.66. The Morgan fingerprint density at radius 1 is 0.833 bits per heavy atom. The van der Waals surface area contributed by atoms with E-state index < -0.39 is 10.1 Å². The van der Waals surface area contributed by atoms with Crippen molar-refractivity contribution in [3.63, 3.8) is 0 Å². The summed E-state index contributed by atoms with van der Waals surface area (Å²) in [4.78, 5) is 0.167. The largest absolute Gasteiger partial charge is 0.296 e. The molecule has 0 saturated heterocycles. The van der Waals surface area contributed by atoms with Crippen molar-refractivity contribution in [1.82, 2.24) is 0 Å². The lowest BCUT2D eigenvalue weighted by Gasteiger charge is -2.04. The first kappa shape index (κ1) is 12.8. The maximum Gasteiger partial charge on any atom is 0.296 e. The normalized spacial score (nSPS) is 11.4. The van der Waals surface area contributed by atoms with Crippen LogP contribution in [0.2, 0.25) is 0 Å². The van der Waals surface area contributed by atoms with Crippen molar-refractivity contribution in [2.24, 2.45) is 0 Å². The molecule has 2 aromatic rings. The van der Waals surface area contributed by atoms with E-state index in [-0.39, 0.29) is 4.90 Å². The Morgan fingerprint density at radius 2 is 1.28 bits per heavy atom. The Bertz CT molecular complexity index is 626. The van der Waals surface area contributed by atoms with Crippen molar-refractivity contribution in [1.29, 1.82) is 0 Å². The summed E-state index contributed by atoms with van der Waals surface area (Å²) >= 11 is 0. The molecule has 4 heteroatoms. The molecule has 0 aliphatic carbocycles. The predicted molar refractivity (Wildman–Crippen MR) is 70.8 cm³/mol. The van der Waals surface area contributed by atoms with Crippen LogP contribution in [-0.4, -0.2) is 15.5 Å². The molecule has 18 heavy (non-hydrogen) atoms. The van der Waals surface area contributed by atoms with Gasteiger partial charge in [-0.25, -0.2) is 0 Å². The molecule has 0 aliphatic heterocycles. The maximum absolute atomic E-state index is 11.5. The van der Waals surface area contributed by atoms with Gasteiger partial charge in [-0.1, -0.05) is 42.0 Å². The van der Waals surface area contributed by atoms with E-state index in [1.165, 1.54) is 5.56 Å². The average molecular weight is 262 g/mol. The molecule has 2 rings (SSSR count). The van der Waals surface area contributed by atoms with Crippen molar-refractivity contribution in [3.05, 3.63) is 54.1 Å². The molecule has 0 saturated carbocycles. The highest BCUT2D eigenvalue weighted by molar-refractivity contribution is 7.86. The molecule has 0 heterocycles. The standard InChI is InChI=1S/C14H14O3S/c1-11-3-5-12(6-4-11)13-7-9-14(10-8-13)18(15,16)17-2/h3-10H,1-2H3. The van der Waals surface area contributed by atoms with E-state index in [0.29, 0.717) is 0 Å². The van der Waals surface area contributed by atoms with Gasteiger partial charge in [0.1, 0.15) is 0 Å². The summed E-state index contributed by atoms with van der Waals surface area (Å²) in [6.07, 6.45) is 0. The average Bonchev–Trinajstić information content (AvgIpc) is 2.40. The molecule has 0 atom stereocenters. The van der Waals surface area contributed by atoms with Crippen LogP contribution in [0.4, 0.5) is 0 Å². The van der Waals surface area contributed by atoms with E-state index in [0.717, 1.165) is 18.2 Å². The van der Waals surface area contributed by atoms with Crippen LogP contribution in [0.15, 0.2) is 53.4 Å². The zero-order valence-electron chi connectivity index (χ0n) is 10.3. The van der Waals surface area contributed by atoms with Gasteiger partial charge in [0.05, 0.1) is 12.0 Å². The first-order valence-electron chi connectivity index (χ1n) is 5.51. The van der Waals surface area contributed by atoms with Crippen molar-refractivity contribution < 1.29 is 12.6 Å². The fourth-order valence-corrected chi connectivity index (χ4v) is 2.32. The first-order chi connectivity index (χ1) is 8.53. The quantitative estimate of drug-likeness (QED) is 0.799. The lowest BCUT2D eigenvalue weighted by atomic mass is 10.0. The maximum atomic E-state index is 11.5. The van der Waals surface area contributed by atoms with Crippen LogP contribution >= 0.6 is 0 Å². The summed E-state index contributed by atoms with van der Waals surface area (Å²) in [7, 11) is -2.45. The Kier molecular flexibility index (Phi) is 3.50. The molecule has 0 fully saturated rings. The van der Waals surface area contributed by atoms with Gasteiger partial charge in [0.2, 0.25) is 0 Å². The van der Waals surface area contributed by atoms with E-state index >= 15 is 0 Å². The third kappa shape index (κ3) is 2.60. The Balaban J connectivity index is 2.36. The van der Waals surface area contributed by atoms with Gasteiger partial charge >= 0.3 is 0 Å². The summed E-state index contributed by atoms with van der Waals surface area (Å²) in [5.41, 5.74) is 3.23. The molecule has 2 aromatic carbocycles. The van der Waals surface area contributed by atoms with Crippen molar-refractivity contribution in [2.45, 2.75) is 11.8 Å². The molecule has 3 nitrogen and oxygen atoms in total. The number of benzene rings is 2. The first-order valence-corrected chi connectivity index (χ1v) is 6.91. The summed E-state index contributed by atoms with van der Waals surface area (Å²) in [6.45, 7) is 2.03. The third-order valence-electron chi connectivity index (χ3n) is 2.75. The van der Waals surface area contributed by atoms with Crippen molar-refractivity contribution >= 4 is 10.1 Å². The fraction of sp³-hybridized carbons (Fsp3) is 0.143. The summed E-state index contributed by atoms with van der Waals surface area (Å²) in [6, 6.07) is 14.7. The summed E-state index contributed by atoms with van der Waals surface area (Å²) < 4.78 is 27.4. The number of rotatable bonds is 3. The molecule has 0 spiro atoms. The SMILES string of the molecule is COS(=O)(=O)c1ccc(-c2ccc(C)cc2)cc1. The van der Waals surface area contributed by atoms with Gasteiger partial charge in [-0.2, -0.15) is 8.42 Å². The van der Waals surface area contributed by atoms with Gasteiger partial charge in [-0.15, -0.1) is 0 Å². The van der Waals surface area contributed by atoms with Gasteiger partial charge in [0, 0.05) is 0 Å². The monoisotopic (exact) mass is 262 g/mol. The van der Waals surface area contributed by atoms with E-state index in [1.807, 2.05) is 31.2 Å². The lowest BCUT2D eigenvalue weighted by molar-refractivity contribution is 0.398. The van der Waals surface area contributed by atoms with Gasteiger partial charge in [0.25, 0.3) is 10.1 Å². The van der Waals surface area contributed by atoms with Gasteiger partial charge in [-0.3, -0.25) is 4.18 Å². The van der Waals surface area contributed by atoms with Gasteiger partial charge in [-0.05, 0) is 30.2 Å². The van der Waals surface area contributed by atoms with E-state index in [1.54, 1.807) is 24.3 Å². The minimum atomic E-state index is -3.60. The predicted octanol–water partition coefficient (Wildman–Crippen LogP) is 3.00. The highest BCUT2D eigenvalue weighted by Crippen LogP contribution is 2.22. The highest BCUT2D eigenvalue weighted by atomic mass is 32.2. The molecular weight excluding hydrogens is 248 g/mol. The summed E-state index contributed by atoms with van der Waals surface area (Å²) in [5, 5.41) is 0. The van der Waals surface area contributed by atoms with Crippen LogP contribution in [0.1, 0.15) is 5.56 Å². The van der Waals surface area contributed by atoms with E-state index in [2.05, 4.69) is 4.18 Å². The second-order valence-electron chi connectivity index (χ2n) is 4.01. The smallest absolute Gasteiger partial charge is 0.270 e. The van der Waals surface area contributed by atoms with E-state index in [9.17, 15) is 8.42 Å². The Hall–Kier alpha value is -1.65. The molecule has 0 aromatic heterocycles. The van der Waals surface area contributed by atoms with Crippen LogP contribution in [0.25, 0.3) is 11.1 Å². The third-order valence-corrected chi connectivity index (χ3v) is 4.04. The second-order valence-corrected chi connectivity index (χ2v) is 5.72. The zero-order chi connectivity index (χ0) is 13.2. The van der Waals surface area contributed by atoms with Crippen LogP contribution < -0.4 is 0 Å². The minimum Gasteiger partial charge on any atom is -0.270 e. The molecule has 0 N–H and O–H groups in total. The van der Waals surface area contributed by atoms with Gasteiger partial charge in [0.15, 0.2) is 0 Å². The molecule has 94 valence electrons. The van der Waals surface area contributed by atoms with Crippen LogP contribution in [0.3, 0.4) is 0 Å². The zero-order valence-corrected chi connectivity index (χ0v) is 11.1. The topological polar surface area (TPSA) is 43.4 Å². The number of aryl methyl sites for hydroxylation is 1. The Labute approximate surface area is 107 Å². The summed E-state index contributed by atoms with van der Waals surface area (Å²) in [5.74, 6) is 0. The molecule has 0 unspecified atom stereocenters. The lowest BCUT2D eigenvalue weighted by Crippen LogP contribution is -2.02. The minimum absolute atomic E-state index is 0.167. The van der Waals surface area contributed by atoms with E-state index in [4.69, 9.17) is 0 Å². The molecule has 0 amide bonds. The van der Waals surface area contributed by atoms with Crippen LogP contribution in [0.5, 0.6) is 0 Å². The second kappa shape index (κ2) is 4.92. The number of hydrogen-bond donors (Lipinski definition) is 0. The molecule has 0 bridgehead atoms. The molecule has 0 radical (unpaired) electrons.